The molecule has 1 N–H and O–H groups in total. The summed E-state index contributed by atoms with van der Waals surface area (Å²) in [6.07, 6.45) is 1.40. The molecular formula is C20H12BrNO6S. The lowest BCUT2D eigenvalue weighted by molar-refractivity contribution is 0.0479. The molecule has 3 heterocycles. The molecule has 0 aliphatic carbocycles. The number of anilines is 1. The lowest BCUT2D eigenvalue weighted by Crippen LogP contribution is -2.09. The van der Waals surface area contributed by atoms with Gasteiger partial charge in [-0.25, -0.2) is 9.59 Å². The molecule has 0 unspecified atom stereocenters. The summed E-state index contributed by atoms with van der Waals surface area (Å²) < 4.78 is 16.3. The van der Waals surface area contributed by atoms with Gasteiger partial charge in [0.05, 0.1) is 11.3 Å². The van der Waals surface area contributed by atoms with Gasteiger partial charge in [-0.3, -0.25) is 4.79 Å². The normalized spacial score (nSPS) is 10.8. The Labute approximate surface area is 176 Å². The molecular weight excluding hydrogens is 462 g/mol. The quantitative estimate of drug-likeness (QED) is 0.329. The van der Waals surface area contributed by atoms with E-state index in [0.717, 1.165) is 15.8 Å². The maximum atomic E-state index is 12.4. The number of esters is 1. The summed E-state index contributed by atoms with van der Waals surface area (Å²) in [5.74, 6) is -0.804. The van der Waals surface area contributed by atoms with Crippen molar-refractivity contribution in [3.05, 3.63) is 85.9 Å². The second-order valence-corrected chi connectivity index (χ2v) is 7.90. The van der Waals surface area contributed by atoms with Crippen LogP contribution in [0.2, 0.25) is 0 Å². The van der Waals surface area contributed by atoms with Crippen LogP contribution in [-0.4, -0.2) is 11.9 Å². The average molecular weight is 474 g/mol. The van der Waals surface area contributed by atoms with Crippen molar-refractivity contribution in [1.82, 2.24) is 0 Å². The second-order valence-electron chi connectivity index (χ2n) is 5.90. The number of hydrogen-bond acceptors (Lipinski definition) is 7. The van der Waals surface area contributed by atoms with Crippen LogP contribution in [0.3, 0.4) is 0 Å². The smallest absolute Gasteiger partial charge is 0.348 e. The van der Waals surface area contributed by atoms with Crippen molar-refractivity contribution in [1.29, 1.82) is 0 Å². The molecule has 146 valence electrons. The molecule has 0 saturated carbocycles. The fraction of sp³-hybridized carbons (Fsp3) is 0.0500. The van der Waals surface area contributed by atoms with Gasteiger partial charge in [-0.15, -0.1) is 11.3 Å². The van der Waals surface area contributed by atoms with Crippen LogP contribution in [0.15, 0.2) is 72.9 Å². The Morgan fingerprint density at radius 3 is 2.79 bits per heavy atom. The molecule has 0 aliphatic heterocycles. The zero-order valence-electron chi connectivity index (χ0n) is 14.6. The van der Waals surface area contributed by atoms with Crippen molar-refractivity contribution in [3.63, 3.8) is 0 Å². The molecule has 0 radical (unpaired) electrons. The summed E-state index contributed by atoms with van der Waals surface area (Å²) in [5, 5.41) is 3.81. The van der Waals surface area contributed by atoms with E-state index in [1.54, 1.807) is 36.4 Å². The van der Waals surface area contributed by atoms with Crippen molar-refractivity contribution in [2.45, 2.75) is 6.61 Å². The topological polar surface area (TPSA) is 98.8 Å². The third kappa shape index (κ3) is 4.30. The second kappa shape index (κ2) is 8.06. The summed E-state index contributed by atoms with van der Waals surface area (Å²) in [6, 6.07) is 12.9. The van der Waals surface area contributed by atoms with Gasteiger partial charge in [0.1, 0.15) is 17.1 Å². The maximum absolute atomic E-state index is 12.4. The van der Waals surface area contributed by atoms with E-state index < -0.39 is 17.5 Å². The van der Waals surface area contributed by atoms with Gasteiger partial charge in [-0.1, -0.05) is 15.9 Å². The first-order chi connectivity index (χ1) is 14.0. The number of nitrogens with one attached hydrogen (secondary N) is 1. The minimum absolute atomic E-state index is 0.0887. The van der Waals surface area contributed by atoms with Crippen molar-refractivity contribution < 1.29 is 23.2 Å². The molecule has 4 rings (SSSR count). The molecule has 0 fully saturated rings. The number of fused-ring (bicyclic) bond motifs is 1. The SMILES string of the molecule is O=C(Nc1ccc(C(=O)OCc2cc(=O)oc3cc(Br)ccc23)s1)c1ccco1. The molecule has 7 nitrogen and oxygen atoms in total. The molecule has 9 heteroatoms. The third-order valence-corrected chi connectivity index (χ3v) is 5.41. The number of amides is 1. The van der Waals surface area contributed by atoms with Gasteiger partial charge >= 0.3 is 11.6 Å². The van der Waals surface area contributed by atoms with Gasteiger partial charge in [0.25, 0.3) is 5.91 Å². The zero-order valence-corrected chi connectivity index (χ0v) is 17.0. The summed E-state index contributed by atoms with van der Waals surface area (Å²) in [7, 11) is 0. The minimum atomic E-state index is -0.563. The molecule has 4 aromatic rings. The molecule has 1 aromatic carbocycles. The number of furan rings is 1. The van der Waals surface area contributed by atoms with Gasteiger partial charge in [0.2, 0.25) is 0 Å². The fourth-order valence-electron chi connectivity index (χ4n) is 2.63. The molecule has 0 saturated heterocycles. The molecule has 0 aliphatic rings. The Kier molecular flexibility index (Phi) is 5.32. The van der Waals surface area contributed by atoms with Gasteiger partial charge in [0, 0.05) is 21.5 Å². The van der Waals surface area contributed by atoms with Crippen molar-refractivity contribution in [2.24, 2.45) is 0 Å². The molecule has 29 heavy (non-hydrogen) atoms. The van der Waals surface area contributed by atoms with Crippen molar-refractivity contribution >= 4 is 55.1 Å². The fourth-order valence-corrected chi connectivity index (χ4v) is 3.77. The van der Waals surface area contributed by atoms with Gasteiger partial charge < -0.3 is 18.9 Å². The Balaban J connectivity index is 1.46. The van der Waals surface area contributed by atoms with Gasteiger partial charge in [-0.2, -0.15) is 0 Å². The van der Waals surface area contributed by atoms with Crippen LogP contribution in [0.1, 0.15) is 25.8 Å². The summed E-state index contributed by atoms with van der Waals surface area (Å²) in [6.45, 7) is -0.0887. The van der Waals surface area contributed by atoms with E-state index >= 15 is 0 Å². The lowest BCUT2D eigenvalue weighted by Gasteiger charge is -2.06. The van der Waals surface area contributed by atoms with E-state index in [1.807, 2.05) is 0 Å². The predicted octanol–water partition coefficient (Wildman–Crippen LogP) is 4.82. The summed E-state index contributed by atoms with van der Waals surface area (Å²) >= 11 is 4.40. The molecule has 0 spiro atoms. The van der Waals surface area contributed by atoms with Crippen LogP contribution in [0, 0.1) is 0 Å². The van der Waals surface area contributed by atoms with E-state index in [2.05, 4.69) is 21.2 Å². The first-order valence-corrected chi connectivity index (χ1v) is 9.94. The van der Waals surface area contributed by atoms with Crippen LogP contribution in [0.4, 0.5) is 5.00 Å². The molecule has 0 bridgehead atoms. The highest BCUT2D eigenvalue weighted by atomic mass is 79.9. The Morgan fingerprint density at radius 1 is 1.14 bits per heavy atom. The lowest BCUT2D eigenvalue weighted by atomic mass is 10.1. The van der Waals surface area contributed by atoms with Crippen molar-refractivity contribution in [2.75, 3.05) is 5.32 Å². The molecule has 1 amide bonds. The monoisotopic (exact) mass is 473 g/mol. The van der Waals surface area contributed by atoms with Crippen molar-refractivity contribution in [3.8, 4) is 0 Å². The number of halogens is 1. The number of carbonyl (C=O) groups excluding carboxylic acids is 2. The Bertz CT molecular complexity index is 1260. The number of ether oxygens (including phenoxy) is 1. The van der Waals surface area contributed by atoms with E-state index in [0.29, 0.717) is 26.4 Å². The van der Waals surface area contributed by atoms with Crippen LogP contribution < -0.4 is 10.9 Å². The van der Waals surface area contributed by atoms with E-state index in [1.165, 1.54) is 18.4 Å². The number of benzene rings is 1. The van der Waals surface area contributed by atoms with Crippen LogP contribution in [-0.2, 0) is 11.3 Å². The highest BCUT2D eigenvalue weighted by Gasteiger charge is 2.15. The first kappa shape index (κ1) is 19.2. The van der Waals surface area contributed by atoms with Crippen LogP contribution in [0.25, 0.3) is 11.0 Å². The first-order valence-electron chi connectivity index (χ1n) is 8.34. The summed E-state index contributed by atoms with van der Waals surface area (Å²) in [5.41, 5.74) is 0.415. The minimum Gasteiger partial charge on any atom is -0.459 e. The highest BCUT2D eigenvalue weighted by Crippen LogP contribution is 2.25. The standard InChI is InChI=1S/C20H12BrNO6S/c21-12-3-4-13-11(8-18(23)28-15(13)9-12)10-27-20(25)16-5-6-17(29-16)22-19(24)14-2-1-7-26-14/h1-9H,10H2,(H,22,24). The predicted molar refractivity (Wildman–Crippen MR) is 110 cm³/mol. The van der Waals surface area contributed by atoms with Gasteiger partial charge in [-0.05, 0) is 42.5 Å². The Hall–Kier alpha value is -3.17. The third-order valence-electron chi connectivity index (χ3n) is 3.94. The zero-order chi connectivity index (χ0) is 20.4. The largest absolute Gasteiger partial charge is 0.459 e. The maximum Gasteiger partial charge on any atom is 0.348 e. The molecule has 3 aromatic heterocycles. The van der Waals surface area contributed by atoms with E-state index in [-0.39, 0.29) is 12.4 Å². The highest BCUT2D eigenvalue weighted by molar-refractivity contribution is 9.10. The summed E-state index contributed by atoms with van der Waals surface area (Å²) in [4.78, 5) is 36.4. The molecule has 0 atom stereocenters. The average Bonchev–Trinajstić information content (AvgIpc) is 3.37. The van der Waals surface area contributed by atoms with Crippen LogP contribution in [0.5, 0.6) is 0 Å². The van der Waals surface area contributed by atoms with Crippen LogP contribution >= 0.6 is 27.3 Å². The van der Waals surface area contributed by atoms with E-state index in [4.69, 9.17) is 13.6 Å². The van der Waals surface area contributed by atoms with E-state index in [9.17, 15) is 14.4 Å². The number of rotatable bonds is 5. The number of hydrogen-bond donors (Lipinski definition) is 1. The number of carbonyl (C=O) groups is 2. The number of thiophene rings is 1. The Morgan fingerprint density at radius 2 is 2.00 bits per heavy atom. The van der Waals surface area contributed by atoms with Gasteiger partial charge in [0.15, 0.2) is 5.76 Å².